The maximum Gasteiger partial charge on any atom is 0.0568 e. The Labute approximate surface area is 102 Å². The van der Waals surface area contributed by atoms with E-state index in [-0.39, 0.29) is 0 Å². The lowest BCUT2D eigenvalue weighted by atomic mass is 10.1. The monoisotopic (exact) mass is 227 g/mol. The van der Waals surface area contributed by atoms with Crippen LogP contribution in [-0.2, 0) is 7.05 Å². The Hall–Kier alpha value is -1.77. The third kappa shape index (κ3) is 2.05. The van der Waals surface area contributed by atoms with Crippen LogP contribution in [0.4, 0.5) is 5.69 Å². The summed E-state index contributed by atoms with van der Waals surface area (Å²) in [6.07, 6.45) is 6.60. The molecule has 2 heterocycles. The number of nitrogens with zero attached hydrogens (tertiary/aromatic N) is 3. The molecule has 1 saturated heterocycles. The summed E-state index contributed by atoms with van der Waals surface area (Å²) >= 11 is 0. The molecule has 1 aliphatic heterocycles. The van der Waals surface area contributed by atoms with E-state index < -0.39 is 0 Å². The number of benzene rings is 1. The van der Waals surface area contributed by atoms with Crippen LogP contribution in [0.5, 0.6) is 0 Å². The van der Waals surface area contributed by atoms with Gasteiger partial charge >= 0.3 is 0 Å². The average molecular weight is 227 g/mol. The van der Waals surface area contributed by atoms with E-state index in [1.807, 2.05) is 24.1 Å². The number of aromatic nitrogens is 2. The summed E-state index contributed by atoms with van der Waals surface area (Å²) in [6, 6.07) is 8.80. The molecule has 17 heavy (non-hydrogen) atoms. The van der Waals surface area contributed by atoms with Gasteiger partial charge in [-0.2, -0.15) is 5.10 Å². The van der Waals surface area contributed by atoms with Crippen molar-refractivity contribution in [1.29, 1.82) is 0 Å². The van der Waals surface area contributed by atoms with Crippen molar-refractivity contribution in [3.8, 4) is 11.1 Å². The fourth-order valence-corrected chi connectivity index (χ4v) is 2.41. The molecule has 2 aromatic rings. The summed E-state index contributed by atoms with van der Waals surface area (Å²) in [4.78, 5) is 2.45. The third-order valence-electron chi connectivity index (χ3n) is 3.38. The molecule has 0 amide bonds. The molecule has 0 N–H and O–H groups in total. The van der Waals surface area contributed by atoms with Crippen molar-refractivity contribution in [1.82, 2.24) is 9.78 Å². The topological polar surface area (TPSA) is 21.1 Å². The molecule has 1 aromatic carbocycles. The Morgan fingerprint density at radius 3 is 2.29 bits per heavy atom. The quantitative estimate of drug-likeness (QED) is 0.786. The Morgan fingerprint density at radius 1 is 1.00 bits per heavy atom. The molecule has 3 rings (SSSR count). The van der Waals surface area contributed by atoms with E-state index in [0.29, 0.717) is 0 Å². The predicted molar refractivity (Wildman–Crippen MR) is 70.1 cm³/mol. The molecule has 0 aliphatic carbocycles. The summed E-state index contributed by atoms with van der Waals surface area (Å²) in [5.41, 5.74) is 3.76. The van der Waals surface area contributed by atoms with Gasteiger partial charge in [0.1, 0.15) is 0 Å². The third-order valence-corrected chi connectivity index (χ3v) is 3.38. The van der Waals surface area contributed by atoms with Gasteiger partial charge < -0.3 is 4.90 Å². The molecule has 1 fully saturated rings. The van der Waals surface area contributed by atoms with Crippen LogP contribution in [0, 0.1) is 0 Å². The van der Waals surface area contributed by atoms with Gasteiger partial charge in [-0.15, -0.1) is 0 Å². The average Bonchev–Trinajstić information content (AvgIpc) is 3.00. The molecule has 88 valence electrons. The summed E-state index contributed by atoms with van der Waals surface area (Å²) in [5.74, 6) is 0. The first-order chi connectivity index (χ1) is 8.33. The fourth-order valence-electron chi connectivity index (χ4n) is 2.41. The summed E-state index contributed by atoms with van der Waals surface area (Å²) < 4.78 is 1.84. The first kappa shape index (κ1) is 10.4. The van der Waals surface area contributed by atoms with Crippen molar-refractivity contribution in [2.45, 2.75) is 12.8 Å². The van der Waals surface area contributed by atoms with Crippen LogP contribution >= 0.6 is 0 Å². The van der Waals surface area contributed by atoms with Crippen LogP contribution < -0.4 is 4.90 Å². The van der Waals surface area contributed by atoms with Crippen molar-refractivity contribution in [2.75, 3.05) is 18.0 Å². The van der Waals surface area contributed by atoms with E-state index in [2.05, 4.69) is 34.3 Å². The van der Waals surface area contributed by atoms with E-state index in [1.54, 1.807) is 0 Å². The number of aryl methyl sites for hydroxylation is 1. The Morgan fingerprint density at radius 2 is 1.71 bits per heavy atom. The lowest BCUT2D eigenvalue weighted by molar-refractivity contribution is 0.768. The smallest absolute Gasteiger partial charge is 0.0568 e. The minimum atomic E-state index is 1.18. The van der Waals surface area contributed by atoms with Gasteiger partial charge in [-0.3, -0.25) is 4.68 Å². The lowest BCUT2D eigenvalue weighted by Crippen LogP contribution is -2.17. The summed E-state index contributed by atoms with van der Waals surface area (Å²) in [7, 11) is 1.95. The van der Waals surface area contributed by atoms with Crippen LogP contribution in [0.15, 0.2) is 36.7 Å². The van der Waals surface area contributed by atoms with Gasteiger partial charge in [0.15, 0.2) is 0 Å². The highest BCUT2D eigenvalue weighted by Crippen LogP contribution is 2.24. The van der Waals surface area contributed by atoms with Gasteiger partial charge in [0, 0.05) is 37.6 Å². The minimum Gasteiger partial charge on any atom is -0.372 e. The van der Waals surface area contributed by atoms with Crippen molar-refractivity contribution >= 4 is 5.69 Å². The normalized spacial score (nSPS) is 15.5. The van der Waals surface area contributed by atoms with E-state index >= 15 is 0 Å². The molecule has 1 aliphatic rings. The maximum absolute atomic E-state index is 4.20. The van der Waals surface area contributed by atoms with Crippen LogP contribution in [0.3, 0.4) is 0 Å². The van der Waals surface area contributed by atoms with Gasteiger partial charge in [0.25, 0.3) is 0 Å². The highest BCUT2D eigenvalue weighted by molar-refractivity contribution is 5.65. The molecule has 0 bridgehead atoms. The standard InChI is InChI=1S/C14H17N3/c1-16-11-13(10-15-16)12-4-6-14(7-5-12)17-8-2-3-9-17/h4-7,10-11H,2-3,8-9H2,1H3. The molecule has 0 atom stereocenters. The van der Waals surface area contributed by atoms with Crippen LogP contribution in [-0.4, -0.2) is 22.9 Å². The van der Waals surface area contributed by atoms with Crippen molar-refractivity contribution in [3.63, 3.8) is 0 Å². The highest BCUT2D eigenvalue weighted by Gasteiger charge is 2.11. The number of anilines is 1. The van der Waals surface area contributed by atoms with Gasteiger partial charge in [-0.1, -0.05) is 12.1 Å². The van der Waals surface area contributed by atoms with Gasteiger partial charge in [0.2, 0.25) is 0 Å². The second-order valence-electron chi connectivity index (χ2n) is 4.64. The zero-order chi connectivity index (χ0) is 11.7. The van der Waals surface area contributed by atoms with Gasteiger partial charge in [-0.25, -0.2) is 0 Å². The zero-order valence-corrected chi connectivity index (χ0v) is 10.1. The molecule has 0 spiro atoms. The second kappa shape index (κ2) is 4.24. The summed E-state index contributed by atoms with van der Waals surface area (Å²) in [5, 5.41) is 4.20. The lowest BCUT2D eigenvalue weighted by Gasteiger charge is -2.17. The fraction of sp³-hybridized carbons (Fsp3) is 0.357. The molecular weight excluding hydrogens is 210 g/mol. The van der Waals surface area contributed by atoms with E-state index in [0.717, 1.165) is 0 Å². The van der Waals surface area contributed by atoms with E-state index in [9.17, 15) is 0 Å². The Bertz CT molecular complexity index is 492. The zero-order valence-electron chi connectivity index (χ0n) is 10.1. The molecule has 3 nitrogen and oxygen atoms in total. The minimum absolute atomic E-state index is 1.18. The van der Waals surface area contributed by atoms with E-state index in [4.69, 9.17) is 0 Å². The first-order valence-electron chi connectivity index (χ1n) is 6.17. The molecular formula is C14H17N3. The SMILES string of the molecule is Cn1cc(-c2ccc(N3CCCC3)cc2)cn1. The van der Waals surface area contributed by atoms with Crippen LogP contribution in [0.25, 0.3) is 11.1 Å². The second-order valence-corrected chi connectivity index (χ2v) is 4.64. The van der Waals surface area contributed by atoms with Crippen molar-refractivity contribution in [3.05, 3.63) is 36.7 Å². The Balaban J connectivity index is 1.84. The van der Waals surface area contributed by atoms with Gasteiger partial charge in [0.05, 0.1) is 6.20 Å². The molecule has 0 unspecified atom stereocenters. The summed E-state index contributed by atoms with van der Waals surface area (Å²) in [6.45, 7) is 2.40. The van der Waals surface area contributed by atoms with Gasteiger partial charge in [-0.05, 0) is 30.5 Å². The van der Waals surface area contributed by atoms with Crippen LogP contribution in [0.1, 0.15) is 12.8 Å². The molecule has 0 radical (unpaired) electrons. The largest absolute Gasteiger partial charge is 0.372 e. The van der Waals surface area contributed by atoms with E-state index in [1.165, 1.54) is 42.7 Å². The first-order valence-corrected chi connectivity index (χ1v) is 6.17. The number of hydrogen-bond donors (Lipinski definition) is 0. The highest BCUT2D eigenvalue weighted by atomic mass is 15.2. The number of hydrogen-bond acceptors (Lipinski definition) is 2. The molecule has 0 saturated carbocycles. The van der Waals surface area contributed by atoms with Crippen molar-refractivity contribution < 1.29 is 0 Å². The molecule has 1 aromatic heterocycles. The van der Waals surface area contributed by atoms with Crippen molar-refractivity contribution in [2.24, 2.45) is 7.05 Å². The van der Waals surface area contributed by atoms with Crippen LogP contribution in [0.2, 0.25) is 0 Å². The number of rotatable bonds is 2. The predicted octanol–water partition coefficient (Wildman–Crippen LogP) is 2.69. The molecule has 3 heteroatoms. The maximum atomic E-state index is 4.20. The Kier molecular flexibility index (Phi) is 2.59.